The number of likely N-dealkylation sites (tertiary alicyclic amines) is 1. The third kappa shape index (κ3) is 5.14. The molecule has 0 bridgehead atoms. The van der Waals surface area contributed by atoms with Gasteiger partial charge in [-0.3, -0.25) is 0 Å². The number of nitrogens with zero attached hydrogens (tertiary/aromatic N) is 2. The van der Waals surface area contributed by atoms with Gasteiger partial charge in [0.05, 0.1) is 4.90 Å². The highest BCUT2D eigenvalue weighted by Gasteiger charge is 2.34. The number of halogens is 3. The van der Waals surface area contributed by atoms with Crippen molar-refractivity contribution in [2.75, 3.05) is 26.2 Å². The third-order valence-corrected chi connectivity index (χ3v) is 7.37. The average Bonchev–Trinajstić information content (AvgIpc) is 2.62. The van der Waals surface area contributed by atoms with Crippen LogP contribution in [0.25, 0.3) is 0 Å². The van der Waals surface area contributed by atoms with Crippen molar-refractivity contribution >= 4 is 10.0 Å². The van der Waals surface area contributed by atoms with Crippen molar-refractivity contribution in [2.45, 2.75) is 49.9 Å². The summed E-state index contributed by atoms with van der Waals surface area (Å²) in [6.07, 6.45) is -0.865. The Morgan fingerprint density at radius 3 is 2.04 bits per heavy atom. The van der Waals surface area contributed by atoms with Gasteiger partial charge in [0.2, 0.25) is 10.0 Å². The molecule has 27 heavy (non-hydrogen) atoms. The Labute approximate surface area is 158 Å². The number of piperidine rings is 2. The van der Waals surface area contributed by atoms with Gasteiger partial charge in [-0.05, 0) is 69.0 Å². The fourth-order valence-corrected chi connectivity index (χ4v) is 5.27. The highest BCUT2D eigenvalue weighted by molar-refractivity contribution is 7.89. The van der Waals surface area contributed by atoms with Crippen LogP contribution in [0.5, 0.6) is 5.75 Å². The van der Waals surface area contributed by atoms with Gasteiger partial charge in [0, 0.05) is 19.1 Å². The lowest BCUT2D eigenvalue weighted by Crippen LogP contribution is -2.48. The Balaban J connectivity index is 1.59. The van der Waals surface area contributed by atoms with E-state index in [-0.39, 0.29) is 4.90 Å². The smallest absolute Gasteiger partial charge is 0.406 e. The number of alkyl halides is 3. The highest BCUT2D eigenvalue weighted by Crippen LogP contribution is 2.28. The van der Waals surface area contributed by atoms with E-state index < -0.39 is 22.1 Å². The number of rotatable bonds is 4. The summed E-state index contributed by atoms with van der Waals surface area (Å²) < 4.78 is 67.4. The van der Waals surface area contributed by atoms with Gasteiger partial charge in [-0.15, -0.1) is 13.2 Å². The molecule has 0 N–H and O–H groups in total. The van der Waals surface area contributed by atoms with Gasteiger partial charge in [-0.2, -0.15) is 4.31 Å². The van der Waals surface area contributed by atoms with Crippen molar-refractivity contribution in [2.24, 2.45) is 5.92 Å². The Morgan fingerprint density at radius 1 is 0.963 bits per heavy atom. The molecular formula is C18H25F3N2O3S. The number of hydrogen-bond acceptors (Lipinski definition) is 4. The molecule has 3 rings (SSSR count). The van der Waals surface area contributed by atoms with Crippen molar-refractivity contribution in [3.8, 4) is 5.75 Å². The van der Waals surface area contributed by atoms with Gasteiger partial charge in [0.1, 0.15) is 5.75 Å². The molecule has 0 aromatic heterocycles. The second-order valence-electron chi connectivity index (χ2n) is 7.37. The molecule has 2 aliphatic rings. The first-order valence-corrected chi connectivity index (χ1v) is 10.7. The molecule has 0 saturated carbocycles. The van der Waals surface area contributed by atoms with Crippen molar-refractivity contribution in [3.05, 3.63) is 24.3 Å². The summed E-state index contributed by atoms with van der Waals surface area (Å²) in [6, 6.07) is 4.79. The first kappa shape index (κ1) is 20.4. The lowest BCUT2D eigenvalue weighted by Gasteiger charge is -2.41. The van der Waals surface area contributed by atoms with Gasteiger partial charge in [0.15, 0.2) is 0 Å². The second kappa shape index (κ2) is 7.97. The van der Waals surface area contributed by atoms with Crippen LogP contribution in [0.15, 0.2) is 29.2 Å². The van der Waals surface area contributed by atoms with Crippen LogP contribution in [0, 0.1) is 5.92 Å². The molecule has 152 valence electrons. The number of ether oxygens (including phenoxy) is 1. The zero-order chi connectivity index (χ0) is 19.7. The van der Waals surface area contributed by atoms with Crippen molar-refractivity contribution in [1.29, 1.82) is 0 Å². The minimum atomic E-state index is -4.80. The van der Waals surface area contributed by atoms with E-state index >= 15 is 0 Å². The summed E-state index contributed by atoms with van der Waals surface area (Å²) in [5.41, 5.74) is 0. The molecule has 2 aliphatic heterocycles. The van der Waals surface area contributed by atoms with Gasteiger partial charge >= 0.3 is 6.36 Å². The topological polar surface area (TPSA) is 49.9 Å². The van der Waals surface area contributed by atoms with Gasteiger partial charge < -0.3 is 9.64 Å². The average molecular weight is 406 g/mol. The van der Waals surface area contributed by atoms with Crippen LogP contribution in [0.1, 0.15) is 32.6 Å². The van der Waals surface area contributed by atoms with Crippen LogP contribution >= 0.6 is 0 Å². The van der Waals surface area contributed by atoms with Crippen LogP contribution in [0.2, 0.25) is 0 Å². The minimum Gasteiger partial charge on any atom is -0.406 e. The van der Waals surface area contributed by atoms with Gasteiger partial charge in [0.25, 0.3) is 0 Å². The van der Waals surface area contributed by atoms with Crippen molar-refractivity contribution in [3.63, 3.8) is 0 Å². The third-order valence-electron chi connectivity index (χ3n) is 5.45. The van der Waals surface area contributed by atoms with Crippen molar-refractivity contribution in [1.82, 2.24) is 9.21 Å². The largest absolute Gasteiger partial charge is 0.573 e. The second-order valence-corrected chi connectivity index (χ2v) is 9.31. The summed E-state index contributed by atoms with van der Waals surface area (Å²) in [7, 11) is -3.71. The molecule has 2 saturated heterocycles. The standard InChI is InChI=1S/C18H25F3N2O3S/c1-14-6-10-22(11-7-14)15-8-12-23(13-9-15)27(24,25)17-4-2-16(3-5-17)26-18(19,20)21/h2-5,14-15H,6-13H2,1H3. The molecular weight excluding hydrogens is 381 g/mol. The Bertz CT molecular complexity index is 721. The fraction of sp³-hybridized carbons (Fsp3) is 0.667. The predicted octanol–water partition coefficient (Wildman–Crippen LogP) is 3.47. The monoisotopic (exact) mass is 406 g/mol. The molecule has 0 amide bonds. The van der Waals surface area contributed by atoms with E-state index in [1.165, 1.54) is 17.1 Å². The maximum absolute atomic E-state index is 12.8. The molecule has 0 atom stereocenters. The van der Waals surface area contributed by atoms with Crippen molar-refractivity contribution < 1.29 is 26.3 Å². The summed E-state index contributed by atoms with van der Waals surface area (Å²) >= 11 is 0. The minimum absolute atomic E-state index is 0.0118. The maximum atomic E-state index is 12.8. The first-order chi connectivity index (χ1) is 12.6. The number of benzene rings is 1. The fourth-order valence-electron chi connectivity index (χ4n) is 3.80. The molecule has 9 heteroatoms. The van der Waals surface area contributed by atoms with Crippen LogP contribution in [-0.4, -0.2) is 56.2 Å². The van der Waals surface area contributed by atoms with E-state index in [0.717, 1.165) is 56.1 Å². The number of hydrogen-bond donors (Lipinski definition) is 0. The van der Waals surface area contributed by atoms with Crippen LogP contribution < -0.4 is 4.74 Å². The van der Waals surface area contributed by atoms with E-state index in [4.69, 9.17) is 0 Å². The number of sulfonamides is 1. The molecule has 1 aromatic rings. The maximum Gasteiger partial charge on any atom is 0.573 e. The van der Waals surface area contributed by atoms with Crippen LogP contribution in [-0.2, 0) is 10.0 Å². The van der Waals surface area contributed by atoms with Crippen LogP contribution in [0.4, 0.5) is 13.2 Å². The Kier molecular flexibility index (Phi) is 6.02. The highest BCUT2D eigenvalue weighted by atomic mass is 32.2. The first-order valence-electron chi connectivity index (χ1n) is 9.25. The summed E-state index contributed by atoms with van der Waals surface area (Å²) in [5, 5.41) is 0. The Hall–Kier alpha value is -1.32. The van der Waals surface area contributed by atoms with Gasteiger partial charge in [-0.25, -0.2) is 8.42 Å². The van der Waals surface area contributed by atoms with Gasteiger partial charge in [-0.1, -0.05) is 6.92 Å². The van der Waals surface area contributed by atoms with E-state index in [9.17, 15) is 21.6 Å². The SMILES string of the molecule is CC1CCN(C2CCN(S(=O)(=O)c3ccc(OC(F)(F)F)cc3)CC2)CC1. The Morgan fingerprint density at radius 2 is 1.52 bits per heavy atom. The summed E-state index contributed by atoms with van der Waals surface area (Å²) in [5.74, 6) is 0.325. The molecule has 0 spiro atoms. The molecule has 5 nitrogen and oxygen atoms in total. The normalized spacial score (nSPS) is 22.1. The molecule has 0 aliphatic carbocycles. The predicted molar refractivity (Wildman–Crippen MR) is 94.9 cm³/mol. The quantitative estimate of drug-likeness (QED) is 0.768. The molecule has 0 unspecified atom stereocenters. The summed E-state index contributed by atoms with van der Waals surface area (Å²) in [4.78, 5) is 2.45. The lowest BCUT2D eigenvalue weighted by molar-refractivity contribution is -0.274. The van der Waals surface area contributed by atoms with E-state index in [2.05, 4.69) is 16.6 Å². The molecule has 2 fully saturated rings. The molecule has 0 radical (unpaired) electrons. The van der Waals surface area contributed by atoms with E-state index in [0.29, 0.717) is 19.1 Å². The van der Waals surface area contributed by atoms with Crippen LogP contribution in [0.3, 0.4) is 0 Å². The lowest BCUT2D eigenvalue weighted by atomic mass is 9.95. The molecule has 2 heterocycles. The molecule has 1 aromatic carbocycles. The van der Waals surface area contributed by atoms with E-state index in [1.807, 2.05) is 0 Å². The van der Waals surface area contributed by atoms with E-state index in [1.54, 1.807) is 0 Å². The zero-order valence-corrected chi connectivity index (χ0v) is 16.1. The summed E-state index contributed by atoms with van der Waals surface area (Å²) in [6.45, 7) is 5.26. The zero-order valence-electron chi connectivity index (χ0n) is 15.3.